The van der Waals surface area contributed by atoms with Crippen molar-refractivity contribution in [3.63, 3.8) is 0 Å². The van der Waals surface area contributed by atoms with Crippen LogP contribution in [0.5, 0.6) is 5.75 Å². The summed E-state index contributed by atoms with van der Waals surface area (Å²) in [6.45, 7) is 7.18. The number of anilines is 3. The zero-order valence-electron chi connectivity index (χ0n) is 22.6. The van der Waals surface area contributed by atoms with Crippen molar-refractivity contribution in [2.24, 2.45) is 0 Å². The van der Waals surface area contributed by atoms with Gasteiger partial charge >= 0.3 is 6.09 Å². The van der Waals surface area contributed by atoms with Crippen molar-refractivity contribution in [2.75, 3.05) is 36.5 Å². The Morgan fingerprint density at radius 3 is 2.60 bits per heavy atom. The Hall–Kier alpha value is -3.47. The van der Waals surface area contributed by atoms with E-state index >= 15 is 4.39 Å². The van der Waals surface area contributed by atoms with E-state index in [9.17, 15) is 9.18 Å². The molecule has 1 N–H and O–H groups in total. The Labute approximate surface area is 235 Å². The number of carbonyl (C=O) groups excluding carboxylic acids is 1. The normalized spacial score (nSPS) is 19.1. The Bertz CT molecular complexity index is 1470. The minimum Gasteiger partial charge on any atom is -0.489 e. The summed E-state index contributed by atoms with van der Waals surface area (Å²) in [5.41, 5.74) is -1.05. The third-order valence-corrected chi connectivity index (χ3v) is 7.81. The third kappa shape index (κ3) is 5.31. The molecule has 1 amide bonds. The predicted octanol–water partition coefficient (Wildman–Crippen LogP) is 6.03. The van der Waals surface area contributed by atoms with Gasteiger partial charge in [-0.2, -0.15) is 0 Å². The van der Waals surface area contributed by atoms with E-state index in [0.29, 0.717) is 55.1 Å². The molecule has 1 aromatic carbocycles. The van der Waals surface area contributed by atoms with Crippen LogP contribution < -0.4 is 15.0 Å². The van der Waals surface area contributed by atoms with Gasteiger partial charge in [0.2, 0.25) is 0 Å². The summed E-state index contributed by atoms with van der Waals surface area (Å²) in [6.07, 6.45) is 3.76. The van der Waals surface area contributed by atoms with E-state index in [2.05, 4.69) is 20.2 Å². The van der Waals surface area contributed by atoms with Gasteiger partial charge in [-0.1, -0.05) is 11.6 Å². The zero-order chi connectivity index (χ0) is 28.3. The van der Waals surface area contributed by atoms with Gasteiger partial charge in [0, 0.05) is 19.6 Å². The molecule has 2 aliphatic carbocycles. The van der Waals surface area contributed by atoms with Crippen molar-refractivity contribution in [1.82, 2.24) is 19.9 Å². The zero-order valence-corrected chi connectivity index (χ0v) is 23.4. The van der Waals surface area contributed by atoms with Crippen LogP contribution in [0, 0.1) is 5.82 Å². The number of carbonyl (C=O) groups is 1. The number of pyridine rings is 1. The Morgan fingerprint density at radius 1 is 1.12 bits per heavy atom. The average molecular weight is 573 g/mol. The number of amides is 1. The molecule has 3 aliphatic rings. The van der Waals surface area contributed by atoms with Gasteiger partial charge < -0.3 is 19.7 Å². The summed E-state index contributed by atoms with van der Waals surface area (Å²) in [6, 6.07) is 6.70. The molecule has 1 saturated heterocycles. The number of alkyl halides is 1. The van der Waals surface area contributed by atoms with Crippen LogP contribution in [0.3, 0.4) is 0 Å². The highest BCUT2D eigenvalue weighted by Gasteiger charge is 2.54. The van der Waals surface area contributed by atoms with Gasteiger partial charge in [0.15, 0.2) is 11.6 Å². The first-order valence-corrected chi connectivity index (χ1v) is 13.8. The van der Waals surface area contributed by atoms with E-state index in [1.165, 1.54) is 18.5 Å². The summed E-state index contributed by atoms with van der Waals surface area (Å²) in [7, 11) is 0. The van der Waals surface area contributed by atoms with Crippen LogP contribution in [0.2, 0.25) is 5.02 Å². The molecule has 12 heteroatoms. The lowest BCUT2D eigenvalue weighted by Gasteiger charge is -2.42. The van der Waals surface area contributed by atoms with E-state index in [1.807, 2.05) is 37.8 Å². The third-order valence-electron chi connectivity index (χ3n) is 7.46. The van der Waals surface area contributed by atoms with Gasteiger partial charge in [-0.05, 0) is 70.7 Å². The molecule has 0 bridgehead atoms. The van der Waals surface area contributed by atoms with E-state index in [1.54, 1.807) is 0 Å². The van der Waals surface area contributed by atoms with Crippen LogP contribution in [0.25, 0.3) is 11.0 Å². The molecule has 3 heterocycles. The van der Waals surface area contributed by atoms with E-state index in [-0.39, 0.29) is 34.7 Å². The van der Waals surface area contributed by atoms with Crippen LogP contribution in [0.15, 0.2) is 30.6 Å². The maximum absolute atomic E-state index is 15.2. The molecule has 212 valence electrons. The molecule has 3 fully saturated rings. The van der Waals surface area contributed by atoms with E-state index in [0.717, 1.165) is 12.8 Å². The minimum atomic E-state index is -1.35. The largest absolute Gasteiger partial charge is 0.489 e. The second-order valence-corrected chi connectivity index (χ2v) is 12.2. The Morgan fingerprint density at radius 2 is 1.90 bits per heavy atom. The molecular formula is C28H31ClF2N6O3. The van der Waals surface area contributed by atoms with Crippen LogP contribution in [-0.4, -0.2) is 69.0 Å². The summed E-state index contributed by atoms with van der Waals surface area (Å²) in [4.78, 5) is 30.3. The summed E-state index contributed by atoms with van der Waals surface area (Å²) in [5.74, 6) is 0.369. The van der Waals surface area contributed by atoms with E-state index < -0.39 is 17.1 Å². The van der Waals surface area contributed by atoms with Crippen LogP contribution >= 0.6 is 11.6 Å². The number of aromatic nitrogens is 3. The van der Waals surface area contributed by atoms with Crippen molar-refractivity contribution in [2.45, 2.75) is 63.3 Å². The predicted molar refractivity (Wildman–Crippen MR) is 148 cm³/mol. The van der Waals surface area contributed by atoms with Crippen LogP contribution in [0.1, 0.15) is 46.5 Å². The molecule has 0 atom stereocenters. The lowest BCUT2D eigenvalue weighted by molar-refractivity contribution is 0.0106. The number of ether oxygens (including phenoxy) is 2. The Kier molecular flexibility index (Phi) is 6.40. The molecule has 1 spiro atoms. The molecule has 2 saturated carbocycles. The minimum absolute atomic E-state index is 0.0776. The number of hydrogen-bond acceptors (Lipinski definition) is 8. The summed E-state index contributed by atoms with van der Waals surface area (Å²) < 4.78 is 40.2. The van der Waals surface area contributed by atoms with Crippen molar-refractivity contribution < 1.29 is 23.0 Å². The van der Waals surface area contributed by atoms with Crippen molar-refractivity contribution in [1.29, 1.82) is 0 Å². The van der Waals surface area contributed by atoms with Crippen LogP contribution in [-0.2, 0) is 4.74 Å². The van der Waals surface area contributed by atoms with Gasteiger partial charge in [-0.25, -0.2) is 28.5 Å². The molecule has 6 rings (SSSR count). The number of benzene rings is 1. The van der Waals surface area contributed by atoms with Crippen molar-refractivity contribution in [3.05, 3.63) is 41.4 Å². The molecule has 3 aromatic rings. The molecule has 0 unspecified atom stereocenters. The van der Waals surface area contributed by atoms with Gasteiger partial charge in [0.25, 0.3) is 0 Å². The first-order chi connectivity index (χ1) is 19.0. The van der Waals surface area contributed by atoms with E-state index in [4.69, 9.17) is 26.1 Å². The first kappa shape index (κ1) is 26.7. The maximum atomic E-state index is 15.2. The molecular weight excluding hydrogens is 542 g/mol. The molecule has 2 aromatic heterocycles. The summed E-state index contributed by atoms with van der Waals surface area (Å²) >= 11 is 6.21. The number of rotatable bonds is 6. The second-order valence-electron chi connectivity index (χ2n) is 11.8. The highest BCUT2D eigenvalue weighted by molar-refractivity contribution is 6.32. The standard InChI is InChI=1S/C28H31ClF2N6O3/c1-26(2,3)40-25(38)37-13-12-36(14-28(37)10-11-28)20-7-5-18-23(35-20)24(33-16-32-18)34-17-4-6-19(21(29)22(17)30)39-15-27(31)8-9-27/h4-7,16H,8-15H2,1-3H3,(H,32,33,34). The topological polar surface area (TPSA) is 92.7 Å². The molecule has 9 nitrogen and oxygen atoms in total. The fourth-order valence-electron chi connectivity index (χ4n) is 4.90. The van der Waals surface area contributed by atoms with Gasteiger partial charge in [0.1, 0.15) is 46.3 Å². The van der Waals surface area contributed by atoms with Gasteiger partial charge in [-0.15, -0.1) is 0 Å². The fraction of sp³-hybridized carbons (Fsp3) is 0.500. The monoisotopic (exact) mass is 572 g/mol. The maximum Gasteiger partial charge on any atom is 0.410 e. The lowest BCUT2D eigenvalue weighted by Crippen LogP contribution is -2.58. The first-order valence-electron chi connectivity index (χ1n) is 13.4. The second kappa shape index (κ2) is 9.57. The smallest absolute Gasteiger partial charge is 0.410 e. The highest BCUT2D eigenvalue weighted by Crippen LogP contribution is 2.46. The number of nitrogens with zero attached hydrogens (tertiary/aromatic N) is 5. The average Bonchev–Trinajstić information content (AvgIpc) is 3.84. The van der Waals surface area contributed by atoms with Crippen molar-refractivity contribution >= 4 is 46.1 Å². The lowest BCUT2D eigenvalue weighted by atomic mass is 10.1. The number of nitrogens with one attached hydrogen (secondary N) is 1. The Balaban J connectivity index is 1.22. The summed E-state index contributed by atoms with van der Waals surface area (Å²) in [5, 5.41) is 2.74. The molecule has 1 aliphatic heterocycles. The molecule has 40 heavy (non-hydrogen) atoms. The van der Waals surface area contributed by atoms with Crippen LogP contribution in [0.4, 0.5) is 30.9 Å². The number of fused-ring (bicyclic) bond motifs is 1. The molecule has 0 radical (unpaired) electrons. The quantitative estimate of drug-likeness (QED) is 0.383. The van der Waals surface area contributed by atoms with Gasteiger partial charge in [0.05, 0.1) is 16.7 Å². The van der Waals surface area contributed by atoms with Gasteiger partial charge in [-0.3, -0.25) is 4.90 Å². The van der Waals surface area contributed by atoms with Crippen molar-refractivity contribution in [3.8, 4) is 5.75 Å². The fourth-order valence-corrected chi connectivity index (χ4v) is 5.12. The SMILES string of the molecule is CC(C)(C)OC(=O)N1CCN(c2ccc3ncnc(Nc4ccc(OCC5(F)CC5)c(Cl)c4F)c3n2)CC12CC2. The number of hydrogen-bond donors (Lipinski definition) is 1. The number of piperazine rings is 1. The number of halogens is 3. The highest BCUT2D eigenvalue weighted by atomic mass is 35.5.